The SMILES string of the molecule is COc1cccc(N2CC(NC(=O)C3CO3)CC2=O)c1. The van der Waals surface area contributed by atoms with E-state index in [0.29, 0.717) is 25.3 Å². The standard InChI is InChI=1S/C14H16N2O4/c1-19-11-4-2-3-10(6-11)16-7-9(5-13(16)17)15-14(18)12-8-20-12/h2-4,6,9,12H,5,7-8H2,1H3,(H,15,18). The molecule has 3 rings (SSSR count). The first-order chi connectivity index (χ1) is 9.67. The Kier molecular flexibility index (Phi) is 3.31. The molecular weight excluding hydrogens is 260 g/mol. The van der Waals surface area contributed by atoms with Crippen molar-refractivity contribution in [1.82, 2.24) is 5.32 Å². The van der Waals surface area contributed by atoms with Crippen molar-refractivity contribution < 1.29 is 19.1 Å². The third-order valence-electron chi connectivity index (χ3n) is 3.46. The molecule has 2 atom stereocenters. The van der Waals surface area contributed by atoms with Crippen LogP contribution >= 0.6 is 0 Å². The van der Waals surface area contributed by atoms with E-state index in [1.807, 2.05) is 24.3 Å². The zero-order valence-electron chi connectivity index (χ0n) is 11.2. The zero-order chi connectivity index (χ0) is 14.1. The molecule has 0 aromatic heterocycles. The first-order valence-corrected chi connectivity index (χ1v) is 6.54. The normalized spacial score (nSPS) is 24.6. The third-order valence-corrected chi connectivity index (χ3v) is 3.46. The van der Waals surface area contributed by atoms with Gasteiger partial charge in [0.25, 0.3) is 5.91 Å². The fourth-order valence-corrected chi connectivity index (χ4v) is 2.33. The lowest BCUT2D eigenvalue weighted by Gasteiger charge is -2.17. The number of anilines is 1. The number of methoxy groups -OCH3 is 1. The van der Waals surface area contributed by atoms with Gasteiger partial charge in [0, 0.05) is 24.7 Å². The summed E-state index contributed by atoms with van der Waals surface area (Å²) in [6, 6.07) is 7.17. The predicted molar refractivity (Wildman–Crippen MR) is 71.6 cm³/mol. The molecule has 6 heteroatoms. The quantitative estimate of drug-likeness (QED) is 0.804. The molecule has 106 valence electrons. The maximum absolute atomic E-state index is 12.1. The molecule has 0 saturated carbocycles. The minimum absolute atomic E-state index is 0.000248. The van der Waals surface area contributed by atoms with Gasteiger partial charge in [-0.05, 0) is 12.1 Å². The van der Waals surface area contributed by atoms with Gasteiger partial charge in [-0.15, -0.1) is 0 Å². The highest BCUT2D eigenvalue weighted by atomic mass is 16.6. The van der Waals surface area contributed by atoms with Crippen LogP contribution in [0.5, 0.6) is 5.75 Å². The Labute approximate surface area is 116 Å². The Bertz CT molecular complexity index is 542. The molecule has 2 aliphatic heterocycles. The predicted octanol–water partition coefficient (Wildman–Crippen LogP) is 0.315. The smallest absolute Gasteiger partial charge is 0.251 e. The molecule has 0 spiro atoms. The van der Waals surface area contributed by atoms with Crippen LogP contribution in [0.4, 0.5) is 5.69 Å². The molecule has 2 aliphatic rings. The molecule has 1 aromatic carbocycles. The van der Waals surface area contributed by atoms with Gasteiger partial charge in [0.1, 0.15) is 5.75 Å². The Morgan fingerprint density at radius 2 is 2.30 bits per heavy atom. The number of carbonyl (C=O) groups excluding carboxylic acids is 2. The number of rotatable bonds is 4. The molecular formula is C14H16N2O4. The summed E-state index contributed by atoms with van der Waals surface area (Å²) in [6.45, 7) is 0.955. The molecule has 1 N–H and O–H groups in total. The number of epoxide rings is 1. The maximum atomic E-state index is 12.1. The molecule has 1 aromatic rings. The number of benzene rings is 1. The van der Waals surface area contributed by atoms with Gasteiger partial charge in [0.2, 0.25) is 5.91 Å². The molecule has 6 nitrogen and oxygen atoms in total. The summed E-state index contributed by atoms with van der Waals surface area (Å²) in [7, 11) is 1.59. The summed E-state index contributed by atoms with van der Waals surface area (Å²) in [5.41, 5.74) is 0.786. The Morgan fingerprint density at radius 3 is 3.00 bits per heavy atom. The van der Waals surface area contributed by atoms with Crippen molar-refractivity contribution >= 4 is 17.5 Å². The summed E-state index contributed by atoms with van der Waals surface area (Å²) in [4.78, 5) is 25.3. The number of hydrogen-bond acceptors (Lipinski definition) is 4. The largest absolute Gasteiger partial charge is 0.497 e. The van der Waals surface area contributed by atoms with Crippen molar-refractivity contribution in [2.24, 2.45) is 0 Å². The van der Waals surface area contributed by atoms with E-state index in [0.717, 1.165) is 5.69 Å². The molecule has 0 radical (unpaired) electrons. The van der Waals surface area contributed by atoms with Crippen molar-refractivity contribution in [3.8, 4) is 5.75 Å². The van der Waals surface area contributed by atoms with Gasteiger partial charge < -0.3 is 19.7 Å². The number of amides is 2. The van der Waals surface area contributed by atoms with Gasteiger partial charge in [-0.3, -0.25) is 9.59 Å². The molecule has 2 heterocycles. The average molecular weight is 276 g/mol. The van der Waals surface area contributed by atoms with Crippen LogP contribution in [0.25, 0.3) is 0 Å². The van der Waals surface area contributed by atoms with E-state index in [4.69, 9.17) is 9.47 Å². The van der Waals surface area contributed by atoms with E-state index in [1.165, 1.54) is 0 Å². The van der Waals surface area contributed by atoms with Gasteiger partial charge in [-0.1, -0.05) is 6.07 Å². The lowest BCUT2D eigenvalue weighted by Crippen LogP contribution is -2.39. The second-order valence-electron chi connectivity index (χ2n) is 4.94. The number of nitrogens with zero attached hydrogens (tertiary/aromatic N) is 1. The van der Waals surface area contributed by atoms with Crippen LogP contribution in [-0.4, -0.2) is 44.2 Å². The number of ether oxygens (including phenoxy) is 2. The van der Waals surface area contributed by atoms with Gasteiger partial charge in [-0.25, -0.2) is 0 Å². The van der Waals surface area contributed by atoms with Crippen molar-refractivity contribution in [3.05, 3.63) is 24.3 Å². The number of nitrogens with one attached hydrogen (secondary N) is 1. The summed E-state index contributed by atoms with van der Waals surface area (Å²) < 4.78 is 10.1. The topological polar surface area (TPSA) is 71.2 Å². The van der Waals surface area contributed by atoms with E-state index in [-0.39, 0.29) is 24.0 Å². The highest BCUT2D eigenvalue weighted by Gasteiger charge is 2.36. The number of hydrogen-bond donors (Lipinski definition) is 1. The first kappa shape index (κ1) is 12.9. The summed E-state index contributed by atoms with van der Waals surface area (Å²) >= 11 is 0. The van der Waals surface area contributed by atoms with Crippen LogP contribution in [0.1, 0.15) is 6.42 Å². The van der Waals surface area contributed by atoms with Crippen LogP contribution in [0.2, 0.25) is 0 Å². The lowest BCUT2D eigenvalue weighted by molar-refractivity contribution is -0.122. The fourth-order valence-electron chi connectivity index (χ4n) is 2.33. The molecule has 2 amide bonds. The van der Waals surface area contributed by atoms with Crippen LogP contribution in [0.3, 0.4) is 0 Å². The van der Waals surface area contributed by atoms with E-state index < -0.39 is 0 Å². The molecule has 0 aliphatic carbocycles. The van der Waals surface area contributed by atoms with Gasteiger partial charge in [0.15, 0.2) is 6.10 Å². The molecule has 2 saturated heterocycles. The zero-order valence-corrected chi connectivity index (χ0v) is 11.2. The average Bonchev–Trinajstić information content (AvgIpc) is 3.24. The highest BCUT2D eigenvalue weighted by Crippen LogP contribution is 2.25. The van der Waals surface area contributed by atoms with E-state index in [2.05, 4.69) is 5.32 Å². The Morgan fingerprint density at radius 1 is 1.50 bits per heavy atom. The maximum Gasteiger partial charge on any atom is 0.251 e. The van der Waals surface area contributed by atoms with Crippen LogP contribution in [0.15, 0.2) is 24.3 Å². The van der Waals surface area contributed by atoms with E-state index in [1.54, 1.807) is 12.0 Å². The minimum Gasteiger partial charge on any atom is -0.497 e. The van der Waals surface area contributed by atoms with Crippen molar-refractivity contribution in [3.63, 3.8) is 0 Å². The molecule has 2 fully saturated rings. The van der Waals surface area contributed by atoms with E-state index in [9.17, 15) is 9.59 Å². The third kappa shape index (κ3) is 2.60. The molecule has 20 heavy (non-hydrogen) atoms. The van der Waals surface area contributed by atoms with Crippen LogP contribution in [-0.2, 0) is 14.3 Å². The second kappa shape index (κ2) is 5.13. The van der Waals surface area contributed by atoms with Gasteiger partial charge >= 0.3 is 0 Å². The van der Waals surface area contributed by atoms with Crippen molar-refractivity contribution in [2.45, 2.75) is 18.6 Å². The van der Waals surface area contributed by atoms with Gasteiger partial charge in [0.05, 0.1) is 19.8 Å². The fraction of sp³-hybridized carbons (Fsp3) is 0.429. The van der Waals surface area contributed by atoms with Gasteiger partial charge in [-0.2, -0.15) is 0 Å². The van der Waals surface area contributed by atoms with Crippen molar-refractivity contribution in [2.75, 3.05) is 25.2 Å². The number of carbonyl (C=O) groups is 2. The van der Waals surface area contributed by atoms with Crippen LogP contribution in [0, 0.1) is 0 Å². The molecule has 0 bridgehead atoms. The first-order valence-electron chi connectivity index (χ1n) is 6.54. The summed E-state index contributed by atoms with van der Waals surface area (Å²) in [5, 5.41) is 2.84. The second-order valence-corrected chi connectivity index (χ2v) is 4.94. The minimum atomic E-state index is -0.323. The monoisotopic (exact) mass is 276 g/mol. The Balaban J connectivity index is 1.68. The van der Waals surface area contributed by atoms with Crippen molar-refractivity contribution in [1.29, 1.82) is 0 Å². The lowest BCUT2D eigenvalue weighted by atomic mass is 10.2. The summed E-state index contributed by atoms with van der Waals surface area (Å²) in [6.07, 6.45) is -0.00803. The van der Waals surface area contributed by atoms with Crippen LogP contribution < -0.4 is 15.0 Å². The summed E-state index contributed by atoms with van der Waals surface area (Å²) in [5.74, 6) is 0.574. The molecule has 2 unspecified atom stereocenters. The van der Waals surface area contributed by atoms with E-state index >= 15 is 0 Å². The highest BCUT2D eigenvalue weighted by molar-refractivity contribution is 5.97. The Hall–Kier alpha value is -2.08.